The normalized spacial score (nSPS) is 10.7. The number of nitrogens with one attached hydrogen (secondary N) is 1. The summed E-state index contributed by atoms with van der Waals surface area (Å²) >= 11 is 0. The molecule has 3 rings (SSSR count). The number of nitrogens with zero attached hydrogens (tertiary/aromatic N) is 4. The molecule has 3 aromatic heterocycles. The number of aromatic nitrogens is 5. The zero-order valence-corrected chi connectivity index (χ0v) is 9.44. The first kappa shape index (κ1) is 11.1. The molecule has 0 aromatic carbocycles. The number of hydrogen-bond acceptors (Lipinski definition) is 5. The number of hydrogen-bond donors (Lipinski definition) is 2. The van der Waals surface area contributed by atoms with Crippen LogP contribution in [0.3, 0.4) is 0 Å². The van der Waals surface area contributed by atoms with E-state index in [1.54, 1.807) is 6.07 Å². The standard InChI is InChI=1S/C11H7N5O3/c17-9-4-2-7(12-14-9)10-15-13-8-3-1-6(11(18)19)5-16(8)10/h1-5H,(H,14,17)(H,18,19). The second-order valence-corrected chi connectivity index (χ2v) is 3.78. The van der Waals surface area contributed by atoms with Crippen LogP contribution >= 0.6 is 0 Å². The SMILES string of the molecule is O=C(O)c1ccc2nnc(-c3ccc(=O)[nH]n3)n2c1. The Morgan fingerprint density at radius 1 is 1.21 bits per heavy atom. The van der Waals surface area contributed by atoms with Crippen molar-refractivity contribution in [2.24, 2.45) is 0 Å². The fourth-order valence-electron chi connectivity index (χ4n) is 1.66. The van der Waals surface area contributed by atoms with E-state index in [2.05, 4.69) is 20.4 Å². The maximum Gasteiger partial charge on any atom is 0.337 e. The van der Waals surface area contributed by atoms with Crippen LogP contribution in [0.1, 0.15) is 10.4 Å². The highest BCUT2D eigenvalue weighted by molar-refractivity contribution is 5.87. The molecule has 2 N–H and O–H groups in total. The number of fused-ring (bicyclic) bond motifs is 1. The van der Waals surface area contributed by atoms with Gasteiger partial charge in [-0.05, 0) is 18.2 Å². The molecule has 0 aliphatic heterocycles. The van der Waals surface area contributed by atoms with Crippen molar-refractivity contribution < 1.29 is 9.90 Å². The highest BCUT2D eigenvalue weighted by Gasteiger charge is 2.12. The van der Waals surface area contributed by atoms with E-state index in [0.29, 0.717) is 17.2 Å². The molecule has 0 aliphatic carbocycles. The number of pyridine rings is 1. The van der Waals surface area contributed by atoms with Crippen LogP contribution in [0.5, 0.6) is 0 Å². The quantitative estimate of drug-likeness (QED) is 0.676. The van der Waals surface area contributed by atoms with Crippen molar-refractivity contribution in [1.82, 2.24) is 24.8 Å². The Labute approximate surface area is 105 Å². The number of rotatable bonds is 2. The van der Waals surface area contributed by atoms with Gasteiger partial charge in [-0.25, -0.2) is 9.89 Å². The molecule has 19 heavy (non-hydrogen) atoms. The van der Waals surface area contributed by atoms with Gasteiger partial charge in [-0.2, -0.15) is 5.10 Å². The molecular formula is C11H7N5O3. The largest absolute Gasteiger partial charge is 0.478 e. The zero-order chi connectivity index (χ0) is 13.4. The van der Waals surface area contributed by atoms with E-state index < -0.39 is 5.97 Å². The number of carboxylic acids is 1. The summed E-state index contributed by atoms with van der Waals surface area (Å²) < 4.78 is 1.50. The van der Waals surface area contributed by atoms with Gasteiger partial charge in [0.25, 0.3) is 5.56 Å². The molecule has 0 radical (unpaired) electrons. The highest BCUT2D eigenvalue weighted by Crippen LogP contribution is 2.15. The second kappa shape index (κ2) is 4.02. The first-order chi connectivity index (χ1) is 9.15. The van der Waals surface area contributed by atoms with Gasteiger partial charge < -0.3 is 5.11 Å². The summed E-state index contributed by atoms with van der Waals surface area (Å²) in [5.74, 6) is -0.690. The lowest BCUT2D eigenvalue weighted by atomic mass is 10.3. The van der Waals surface area contributed by atoms with Gasteiger partial charge in [-0.3, -0.25) is 9.20 Å². The summed E-state index contributed by atoms with van der Waals surface area (Å²) in [5.41, 5.74) is 0.671. The highest BCUT2D eigenvalue weighted by atomic mass is 16.4. The van der Waals surface area contributed by atoms with E-state index in [9.17, 15) is 9.59 Å². The van der Waals surface area contributed by atoms with Crippen LogP contribution in [0.25, 0.3) is 17.2 Å². The summed E-state index contributed by atoms with van der Waals surface area (Å²) in [5, 5.41) is 22.9. The maximum atomic E-state index is 11.0. The predicted octanol–water partition coefficient (Wildman–Crippen LogP) is 0.178. The average molecular weight is 257 g/mol. The van der Waals surface area contributed by atoms with Crippen LogP contribution in [0, 0.1) is 0 Å². The van der Waals surface area contributed by atoms with Crippen LogP contribution in [0.4, 0.5) is 0 Å². The van der Waals surface area contributed by atoms with Crippen LogP contribution in [-0.4, -0.2) is 35.9 Å². The molecule has 0 atom stereocenters. The van der Waals surface area contributed by atoms with Gasteiger partial charge in [0.1, 0.15) is 5.69 Å². The summed E-state index contributed by atoms with van der Waals surface area (Å²) in [6.45, 7) is 0. The van der Waals surface area contributed by atoms with E-state index in [4.69, 9.17) is 5.11 Å². The summed E-state index contributed by atoms with van der Waals surface area (Å²) in [4.78, 5) is 21.9. The molecule has 8 heteroatoms. The monoisotopic (exact) mass is 257 g/mol. The van der Waals surface area contributed by atoms with Crippen molar-refractivity contribution in [1.29, 1.82) is 0 Å². The molecule has 94 valence electrons. The molecule has 0 bridgehead atoms. The minimum absolute atomic E-state index is 0.109. The summed E-state index contributed by atoms with van der Waals surface area (Å²) in [7, 11) is 0. The maximum absolute atomic E-state index is 11.0. The van der Waals surface area contributed by atoms with Crippen molar-refractivity contribution in [2.75, 3.05) is 0 Å². The Bertz CT molecular complexity index is 815. The van der Waals surface area contributed by atoms with Gasteiger partial charge in [0.05, 0.1) is 5.56 Å². The Hall–Kier alpha value is -3.03. The molecule has 3 heterocycles. The topological polar surface area (TPSA) is 113 Å². The minimum atomic E-state index is -1.05. The van der Waals surface area contributed by atoms with Gasteiger partial charge >= 0.3 is 5.97 Å². The molecule has 0 saturated carbocycles. The third kappa shape index (κ3) is 1.84. The van der Waals surface area contributed by atoms with Crippen molar-refractivity contribution in [2.45, 2.75) is 0 Å². The average Bonchev–Trinajstić information content (AvgIpc) is 2.82. The van der Waals surface area contributed by atoms with Crippen LogP contribution in [0.2, 0.25) is 0 Å². The molecular weight excluding hydrogens is 250 g/mol. The number of carboxylic acid groups (broad SMARTS) is 1. The lowest BCUT2D eigenvalue weighted by molar-refractivity contribution is 0.0696. The van der Waals surface area contributed by atoms with Gasteiger partial charge in [0.15, 0.2) is 11.5 Å². The second-order valence-electron chi connectivity index (χ2n) is 3.78. The van der Waals surface area contributed by atoms with Gasteiger partial charge in [0, 0.05) is 12.3 Å². The first-order valence-electron chi connectivity index (χ1n) is 5.29. The molecule has 8 nitrogen and oxygen atoms in total. The minimum Gasteiger partial charge on any atom is -0.478 e. The fraction of sp³-hybridized carbons (Fsp3) is 0. The Morgan fingerprint density at radius 2 is 2.05 bits per heavy atom. The third-order valence-corrected chi connectivity index (χ3v) is 2.56. The van der Waals surface area contributed by atoms with Gasteiger partial charge in [-0.1, -0.05) is 0 Å². The molecule has 0 saturated heterocycles. The zero-order valence-electron chi connectivity index (χ0n) is 9.44. The molecule has 0 unspecified atom stereocenters. The summed E-state index contributed by atoms with van der Waals surface area (Å²) in [6, 6.07) is 5.79. The van der Waals surface area contributed by atoms with Crippen molar-refractivity contribution in [3.05, 3.63) is 46.4 Å². The van der Waals surface area contributed by atoms with Crippen LogP contribution in [-0.2, 0) is 0 Å². The fourth-order valence-corrected chi connectivity index (χ4v) is 1.66. The Kier molecular flexibility index (Phi) is 2.34. The Balaban J connectivity index is 2.23. The van der Waals surface area contributed by atoms with Crippen molar-refractivity contribution in [3.63, 3.8) is 0 Å². The molecule has 3 aromatic rings. The van der Waals surface area contributed by atoms with E-state index in [1.165, 1.54) is 28.8 Å². The number of aromatic carboxylic acids is 1. The number of carbonyl (C=O) groups is 1. The van der Waals surface area contributed by atoms with Gasteiger partial charge in [0.2, 0.25) is 0 Å². The predicted molar refractivity (Wildman–Crippen MR) is 63.8 cm³/mol. The Morgan fingerprint density at radius 3 is 2.74 bits per heavy atom. The van der Waals surface area contributed by atoms with Crippen LogP contribution < -0.4 is 5.56 Å². The lowest BCUT2D eigenvalue weighted by Crippen LogP contribution is -2.07. The van der Waals surface area contributed by atoms with E-state index in [0.717, 1.165) is 0 Å². The number of aromatic amines is 1. The molecule has 0 fully saturated rings. The van der Waals surface area contributed by atoms with Crippen LogP contribution in [0.15, 0.2) is 35.3 Å². The van der Waals surface area contributed by atoms with Crippen molar-refractivity contribution in [3.8, 4) is 11.5 Å². The lowest BCUT2D eigenvalue weighted by Gasteiger charge is -2.00. The summed E-state index contributed by atoms with van der Waals surface area (Å²) in [6.07, 6.45) is 1.40. The smallest absolute Gasteiger partial charge is 0.337 e. The number of H-pyrrole nitrogens is 1. The van der Waals surface area contributed by atoms with E-state index in [-0.39, 0.29) is 11.1 Å². The van der Waals surface area contributed by atoms with Crippen molar-refractivity contribution >= 4 is 11.6 Å². The molecule has 0 spiro atoms. The van der Waals surface area contributed by atoms with E-state index >= 15 is 0 Å². The third-order valence-electron chi connectivity index (χ3n) is 2.56. The van der Waals surface area contributed by atoms with Gasteiger partial charge in [-0.15, -0.1) is 10.2 Å². The first-order valence-corrected chi connectivity index (χ1v) is 5.29. The molecule has 0 amide bonds. The van der Waals surface area contributed by atoms with E-state index in [1.807, 2.05) is 0 Å². The molecule has 0 aliphatic rings.